The predicted octanol–water partition coefficient (Wildman–Crippen LogP) is 2.03. The molecule has 0 saturated carbocycles. The molecule has 0 radical (unpaired) electrons. The number of hydrogen-bond donors (Lipinski definition) is 4. The van der Waals surface area contributed by atoms with Gasteiger partial charge in [0.05, 0.1) is 32.2 Å². The summed E-state index contributed by atoms with van der Waals surface area (Å²) in [4.78, 5) is 17.0. The van der Waals surface area contributed by atoms with Gasteiger partial charge in [0.2, 0.25) is 0 Å². The van der Waals surface area contributed by atoms with Gasteiger partial charge >= 0.3 is 0 Å². The number of fused-ring (bicyclic) bond motifs is 3. The Morgan fingerprint density at radius 3 is 2.59 bits per heavy atom. The Hall–Kier alpha value is -2.74. The SMILES string of the molecule is CC(C)(O)c1cc(Cl)c(Nc2nc3ccn(O)c(=O)c3c3c2=CCNC=3)c(Cl)c1. The molecule has 0 fully saturated rings. The van der Waals surface area contributed by atoms with Gasteiger partial charge in [-0.2, -0.15) is 4.73 Å². The van der Waals surface area contributed by atoms with Crippen molar-refractivity contribution in [3.05, 3.63) is 60.8 Å². The van der Waals surface area contributed by atoms with E-state index in [1.54, 1.807) is 38.2 Å². The maximum absolute atomic E-state index is 12.4. The Labute approximate surface area is 175 Å². The average molecular weight is 433 g/mol. The largest absolute Gasteiger partial charge is 0.425 e. The molecule has 29 heavy (non-hydrogen) atoms. The smallest absolute Gasteiger partial charge is 0.292 e. The van der Waals surface area contributed by atoms with E-state index in [4.69, 9.17) is 23.2 Å². The van der Waals surface area contributed by atoms with Crippen molar-refractivity contribution in [2.45, 2.75) is 19.4 Å². The second kappa shape index (κ2) is 6.95. The highest BCUT2D eigenvalue weighted by Gasteiger charge is 2.20. The van der Waals surface area contributed by atoms with Gasteiger partial charge in [-0.1, -0.05) is 29.3 Å². The Morgan fingerprint density at radius 2 is 1.93 bits per heavy atom. The van der Waals surface area contributed by atoms with Crippen molar-refractivity contribution in [1.29, 1.82) is 0 Å². The van der Waals surface area contributed by atoms with Crippen LogP contribution in [0.4, 0.5) is 11.5 Å². The first kappa shape index (κ1) is 19.6. The summed E-state index contributed by atoms with van der Waals surface area (Å²) in [6.45, 7) is 3.85. The minimum Gasteiger partial charge on any atom is -0.425 e. The molecule has 0 unspecified atom stereocenters. The van der Waals surface area contributed by atoms with Gasteiger partial charge < -0.3 is 20.9 Å². The summed E-state index contributed by atoms with van der Waals surface area (Å²) in [6, 6.07) is 4.83. The molecule has 1 aromatic carbocycles. The van der Waals surface area contributed by atoms with Gasteiger partial charge in [0.25, 0.3) is 5.56 Å². The number of halogens is 2. The van der Waals surface area contributed by atoms with Crippen LogP contribution < -0.4 is 26.6 Å². The third-order valence-corrected chi connectivity index (χ3v) is 5.36. The van der Waals surface area contributed by atoms with Crippen molar-refractivity contribution < 1.29 is 10.3 Å². The van der Waals surface area contributed by atoms with Gasteiger partial charge in [-0.05, 0) is 37.6 Å². The van der Waals surface area contributed by atoms with E-state index in [0.29, 0.717) is 59.7 Å². The van der Waals surface area contributed by atoms with Crippen LogP contribution in [0.3, 0.4) is 0 Å². The second-order valence-electron chi connectivity index (χ2n) is 7.27. The zero-order valence-corrected chi connectivity index (χ0v) is 17.1. The Morgan fingerprint density at radius 1 is 1.24 bits per heavy atom. The minimum atomic E-state index is -1.09. The number of pyridine rings is 2. The van der Waals surface area contributed by atoms with Gasteiger partial charge in [-0.3, -0.25) is 4.79 Å². The molecule has 4 N–H and O–H groups in total. The standard InChI is InChI=1S/C20H18Cl2N4O3/c1-20(2,28)10-7-13(21)17(14(22)8-10)25-18-11-3-5-23-9-12(11)16-15(24-18)4-6-26(29)19(16)27/h3-4,6-9,23,28-29H,5H2,1-2H3,(H,24,25). The average Bonchev–Trinajstić information content (AvgIpc) is 2.66. The molecular weight excluding hydrogens is 415 g/mol. The first-order valence-corrected chi connectivity index (χ1v) is 9.60. The van der Waals surface area contributed by atoms with Crippen LogP contribution in [-0.4, -0.2) is 26.6 Å². The molecule has 7 nitrogen and oxygen atoms in total. The number of rotatable bonds is 3. The third-order valence-electron chi connectivity index (χ3n) is 4.76. The Kier molecular flexibility index (Phi) is 4.69. The van der Waals surface area contributed by atoms with E-state index in [2.05, 4.69) is 15.6 Å². The Balaban J connectivity index is 1.94. The van der Waals surface area contributed by atoms with Gasteiger partial charge in [-0.25, -0.2) is 4.98 Å². The second-order valence-corrected chi connectivity index (χ2v) is 8.08. The van der Waals surface area contributed by atoms with Crippen LogP contribution in [0.25, 0.3) is 23.2 Å². The van der Waals surface area contributed by atoms with Crippen LogP contribution in [-0.2, 0) is 5.60 Å². The zero-order chi connectivity index (χ0) is 20.9. The normalized spacial score (nSPS) is 13.3. The van der Waals surface area contributed by atoms with E-state index < -0.39 is 11.2 Å². The third kappa shape index (κ3) is 3.42. The van der Waals surface area contributed by atoms with E-state index in [0.717, 1.165) is 0 Å². The molecule has 2 aromatic heterocycles. The van der Waals surface area contributed by atoms with Gasteiger partial charge in [-0.15, -0.1) is 0 Å². The van der Waals surface area contributed by atoms with Crippen molar-refractivity contribution in [1.82, 2.24) is 15.0 Å². The number of aliphatic hydroxyl groups is 1. The minimum absolute atomic E-state index is 0.300. The molecule has 1 aliphatic heterocycles. The monoisotopic (exact) mass is 432 g/mol. The lowest BCUT2D eigenvalue weighted by Gasteiger charge is -2.20. The summed E-state index contributed by atoms with van der Waals surface area (Å²) in [5.74, 6) is 0.472. The molecule has 0 amide bonds. The number of nitrogens with zero attached hydrogens (tertiary/aromatic N) is 2. The predicted molar refractivity (Wildman–Crippen MR) is 114 cm³/mol. The van der Waals surface area contributed by atoms with Crippen LogP contribution in [0.15, 0.2) is 29.2 Å². The lowest BCUT2D eigenvalue weighted by molar-refractivity contribution is 0.0786. The van der Waals surface area contributed by atoms with Crippen LogP contribution in [0.2, 0.25) is 10.0 Å². The highest BCUT2D eigenvalue weighted by atomic mass is 35.5. The van der Waals surface area contributed by atoms with Gasteiger partial charge in [0.15, 0.2) is 0 Å². The van der Waals surface area contributed by atoms with Crippen molar-refractivity contribution >= 4 is 57.9 Å². The maximum atomic E-state index is 12.4. The van der Waals surface area contributed by atoms with E-state index in [-0.39, 0.29) is 0 Å². The molecule has 3 aromatic rings. The fourth-order valence-corrected chi connectivity index (χ4v) is 3.83. The summed E-state index contributed by atoms with van der Waals surface area (Å²) >= 11 is 12.9. The molecule has 9 heteroatoms. The molecule has 0 spiro atoms. The molecular formula is C20H18Cl2N4O3. The topological polar surface area (TPSA) is 99.4 Å². The van der Waals surface area contributed by atoms with Crippen molar-refractivity contribution in [2.75, 3.05) is 11.9 Å². The van der Waals surface area contributed by atoms with Crippen molar-refractivity contribution in [3.63, 3.8) is 0 Å². The molecule has 3 heterocycles. The molecule has 1 aliphatic rings. The first-order chi connectivity index (χ1) is 13.7. The van der Waals surface area contributed by atoms with E-state index >= 15 is 0 Å². The Bertz CT molecular complexity index is 1300. The van der Waals surface area contributed by atoms with Crippen LogP contribution in [0.5, 0.6) is 0 Å². The van der Waals surface area contributed by atoms with Crippen LogP contribution in [0, 0.1) is 0 Å². The summed E-state index contributed by atoms with van der Waals surface area (Å²) in [7, 11) is 0. The number of aromatic nitrogens is 2. The summed E-state index contributed by atoms with van der Waals surface area (Å²) < 4.78 is 0.531. The number of anilines is 2. The molecule has 0 saturated heterocycles. The summed E-state index contributed by atoms with van der Waals surface area (Å²) in [6.07, 6.45) is 4.84. The van der Waals surface area contributed by atoms with E-state index in [1.807, 2.05) is 6.08 Å². The number of hydrogen-bond acceptors (Lipinski definition) is 6. The quantitative estimate of drug-likeness (QED) is 0.472. The lowest BCUT2D eigenvalue weighted by Crippen LogP contribution is -2.39. The van der Waals surface area contributed by atoms with E-state index in [9.17, 15) is 15.1 Å². The first-order valence-electron chi connectivity index (χ1n) is 8.84. The maximum Gasteiger partial charge on any atom is 0.292 e. The number of nitrogens with one attached hydrogen (secondary N) is 2. The molecule has 150 valence electrons. The summed E-state index contributed by atoms with van der Waals surface area (Å²) in [5, 5.41) is 28.5. The van der Waals surface area contributed by atoms with Gasteiger partial charge in [0.1, 0.15) is 5.82 Å². The molecule has 0 bridgehead atoms. The fourth-order valence-electron chi connectivity index (χ4n) is 3.24. The lowest BCUT2D eigenvalue weighted by atomic mass is 9.98. The highest BCUT2D eigenvalue weighted by Crippen LogP contribution is 2.36. The molecule has 0 aliphatic carbocycles. The molecule has 0 atom stereocenters. The van der Waals surface area contributed by atoms with Crippen molar-refractivity contribution in [3.8, 4) is 0 Å². The highest BCUT2D eigenvalue weighted by molar-refractivity contribution is 6.39. The van der Waals surface area contributed by atoms with Crippen LogP contribution >= 0.6 is 23.2 Å². The summed E-state index contributed by atoms with van der Waals surface area (Å²) in [5.41, 5.74) is -0.214. The van der Waals surface area contributed by atoms with Gasteiger partial charge in [0, 0.05) is 29.4 Å². The van der Waals surface area contributed by atoms with Crippen LogP contribution in [0.1, 0.15) is 19.4 Å². The molecule has 4 rings (SSSR count). The van der Waals surface area contributed by atoms with E-state index in [1.165, 1.54) is 6.20 Å². The van der Waals surface area contributed by atoms with Crippen molar-refractivity contribution in [2.24, 2.45) is 0 Å². The zero-order valence-electron chi connectivity index (χ0n) is 15.6. The number of benzene rings is 1. The fraction of sp³-hybridized carbons (Fsp3) is 0.200.